The summed E-state index contributed by atoms with van der Waals surface area (Å²) in [7, 11) is 1.55. The molecule has 0 aliphatic carbocycles. The molecule has 1 aliphatic rings. The van der Waals surface area contributed by atoms with Crippen LogP contribution in [0.25, 0.3) is 11.3 Å². The number of para-hydroxylation sites is 1. The van der Waals surface area contributed by atoms with Gasteiger partial charge in [0, 0.05) is 22.8 Å². The Morgan fingerprint density at radius 3 is 2.88 bits per heavy atom. The van der Waals surface area contributed by atoms with Crippen molar-refractivity contribution in [2.75, 3.05) is 17.8 Å². The number of fused-ring (bicyclic) bond motifs is 3. The van der Waals surface area contributed by atoms with Crippen LogP contribution in [0.2, 0.25) is 5.02 Å². The Bertz CT molecular complexity index is 1230. The highest BCUT2D eigenvalue weighted by Gasteiger charge is 2.37. The molecule has 1 aliphatic heterocycles. The molecule has 0 bridgehead atoms. The number of nitrogens with zero attached hydrogens (tertiary/aromatic N) is 4. The second-order valence-corrected chi connectivity index (χ2v) is 9.24. The molecule has 2 heterocycles. The molecular weight excluding hydrogens is 528 g/mol. The van der Waals surface area contributed by atoms with Crippen molar-refractivity contribution >= 4 is 50.9 Å². The van der Waals surface area contributed by atoms with Crippen LogP contribution in [-0.4, -0.2) is 34.0 Å². The third-order valence-corrected chi connectivity index (χ3v) is 6.56. The molecule has 10 heteroatoms. The summed E-state index contributed by atoms with van der Waals surface area (Å²) in [6.07, 6.45) is 1.11. The Morgan fingerprint density at radius 2 is 2.15 bits per heavy atom. The number of carbonyl (C=O) groups excluding carboxylic acids is 1. The molecule has 1 aromatic heterocycles. The van der Waals surface area contributed by atoms with Gasteiger partial charge >= 0.3 is 0 Å². The summed E-state index contributed by atoms with van der Waals surface area (Å²) in [6.45, 7) is 5.53. The van der Waals surface area contributed by atoms with Crippen molar-refractivity contribution in [2.45, 2.75) is 24.7 Å². The normalized spacial score (nSPS) is 14.5. The van der Waals surface area contributed by atoms with E-state index in [0.717, 1.165) is 0 Å². The van der Waals surface area contributed by atoms with Gasteiger partial charge in [0.25, 0.3) is 0 Å². The third kappa shape index (κ3) is 4.58. The highest BCUT2D eigenvalue weighted by molar-refractivity contribution is 9.10. The quantitative estimate of drug-likeness (QED) is 0.274. The van der Waals surface area contributed by atoms with Crippen LogP contribution in [0.3, 0.4) is 0 Å². The van der Waals surface area contributed by atoms with Crippen molar-refractivity contribution in [1.82, 2.24) is 15.2 Å². The number of methoxy groups -OCH3 is 1. The average molecular weight is 548 g/mol. The van der Waals surface area contributed by atoms with Crippen LogP contribution in [0.15, 0.2) is 58.7 Å². The molecule has 1 atom stereocenters. The Kier molecular flexibility index (Phi) is 7.21. The number of rotatable bonds is 6. The van der Waals surface area contributed by atoms with Crippen molar-refractivity contribution in [2.24, 2.45) is 0 Å². The van der Waals surface area contributed by atoms with E-state index in [0.29, 0.717) is 48.7 Å². The molecular formula is C23H20BrClN4O3S. The van der Waals surface area contributed by atoms with E-state index >= 15 is 0 Å². The predicted molar refractivity (Wildman–Crippen MR) is 133 cm³/mol. The summed E-state index contributed by atoms with van der Waals surface area (Å²) in [5.74, 6) is 1.24. The highest BCUT2D eigenvalue weighted by Crippen LogP contribution is 2.46. The van der Waals surface area contributed by atoms with Gasteiger partial charge in [-0.2, -0.15) is 4.98 Å². The van der Waals surface area contributed by atoms with Crippen LogP contribution < -0.4 is 14.4 Å². The van der Waals surface area contributed by atoms with E-state index in [4.69, 9.17) is 21.1 Å². The molecule has 3 aromatic rings. The van der Waals surface area contributed by atoms with Gasteiger partial charge < -0.3 is 9.47 Å². The molecule has 0 N–H and O–H groups in total. The molecule has 0 unspecified atom stereocenters. The minimum absolute atomic E-state index is 0.146. The van der Waals surface area contributed by atoms with Crippen LogP contribution in [0, 0.1) is 0 Å². The first-order chi connectivity index (χ1) is 16.0. The van der Waals surface area contributed by atoms with Crippen molar-refractivity contribution < 1.29 is 14.3 Å². The Balaban J connectivity index is 1.99. The van der Waals surface area contributed by atoms with E-state index in [1.54, 1.807) is 37.1 Å². The maximum atomic E-state index is 13.3. The van der Waals surface area contributed by atoms with Gasteiger partial charge in [0.1, 0.15) is 5.75 Å². The molecule has 170 valence electrons. The number of hydrogen-bond donors (Lipinski definition) is 0. The Hall–Kier alpha value is -2.62. The summed E-state index contributed by atoms with van der Waals surface area (Å²) >= 11 is 11.3. The number of hydrogen-bond acceptors (Lipinski definition) is 7. The monoisotopic (exact) mass is 546 g/mol. The molecule has 4 rings (SSSR count). The standard InChI is InChI=1S/C23H20BrClN4O3S/c1-4-10-33-23-26-21-19(27-28-23)14-8-6-7-9-17(14)29(18(30)5-2)22(32-21)15-11-13(25)12-16(24)20(15)31-3/h4,6-9,11-12,22H,1,5,10H2,2-3H3/t22-/m1/s1. The minimum Gasteiger partial charge on any atom is -0.495 e. The number of amides is 1. The molecule has 33 heavy (non-hydrogen) atoms. The maximum Gasteiger partial charge on any atom is 0.247 e. The second kappa shape index (κ2) is 10.1. The maximum absolute atomic E-state index is 13.3. The number of benzene rings is 2. The Morgan fingerprint density at radius 1 is 1.36 bits per heavy atom. The first-order valence-electron chi connectivity index (χ1n) is 10.1. The molecule has 0 saturated carbocycles. The van der Waals surface area contributed by atoms with Crippen LogP contribution >= 0.6 is 39.3 Å². The summed E-state index contributed by atoms with van der Waals surface area (Å²) < 4.78 is 12.7. The van der Waals surface area contributed by atoms with Crippen molar-refractivity contribution in [3.8, 4) is 22.9 Å². The molecule has 1 amide bonds. The average Bonchev–Trinajstić information content (AvgIpc) is 2.96. The fraction of sp³-hybridized carbons (Fsp3) is 0.217. The van der Waals surface area contributed by atoms with E-state index in [9.17, 15) is 4.79 Å². The molecule has 0 radical (unpaired) electrons. The lowest BCUT2D eigenvalue weighted by Crippen LogP contribution is -2.37. The lowest BCUT2D eigenvalue weighted by atomic mass is 10.1. The lowest BCUT2D eigenvalue weighted by Gasteiger charge is -2.31. The van der Waals surface area contributed by atoms with E-state index < -0.39 is 6.23 Å². The van der Waals surface area contributed by atoms with Gasteiger partial charge in [-0.1, -0.05) is 54.6 Å². The zero-order valence-electron chi connectivity index (χ0n) is 17.9. The van der Waals surface area contributed by atoms with Gasteiger partial charge in [0.2, 0.25) is 23.2 Å². The van der Waals surface area contributed by atoms with Crippen molar-refractivity contribution in [1.29, 1.82) is 0 Å². The molecule has 0 fully saturated rings. The molecule has 0 spiro atoms. The van der Waals surface area contributed by atoms with E-state index in [1.807, 2.05) is 24.3 Å². The summed E-state index contributed by atoms with van der Waals surface area (Å²) in [4.78, 5) is 19.5. The SMILES string of the molecule is C=CCSc1nnc2c(n1)O[C@H](c1cc(Cl)cc(Br)c1OC)N(C(=O)CC)c1ccccc1-2. The van der Waals surface area contributed by atoms with Crippen molar-refractivity contribution in [3.05, 3.63) is 64.1 Å². The van der Waals surface area contributed by atoms with Crippen LogP contribution in [-0.2, 0) is 4.79 Å². The molecule has 7 nitrogen and oxygen atoms in total. The third-order valence-electron chi connectivity index (χ3n) is 4.92. The lowest BCUT2D eigenvalue weighted by molar-refractivity contribution is -0.120. The van der Waals surface area contributed by atoms with Gasteiger partial charge in [-0.05, 0) is 34.1 Å². The number of carbonyl (C=O) groups is 1. The largest absolute Gasteiger partial charge is 0.495 e. The zero-order chi connectivity index (χ0) is 23.5. The molecule has 2 aromatic carbocycles. The smallest absolute Gasteiger partial charge is 0.247 e. The Labute approximate surface area is 209 Å². The van der Waals surface area contributed by atoms with Gasteiger partial charge in [-0.25, -0.2) is 0 Å². The number of halogens is 2. The van der Waals surface area contributed by atoms with Gasteiger partial charge in [0.15, 0.2) is 5.69 Å². The topological polar surface area (TPSA) is 77.4 Å². The first-order valence-corrected chi connectivity index (χ1v) is 12.2. The second-order valence-electron chi connectivity index (χ2n) is 6.96. The number of aromatic nitrogens is 3. The van der Waals surface area contributed by atoms with Crippen LogP contribution in [0.5, 0.6) is 11.6 Å². The number of thioether (sulfide) groups is 1. The number of anilines is 1. The summed E-state index contributed by atoms with van der Waals surface area (Å²) in [6, 6.07) is 10.9. The van der Waals surface area contributed by atoms with Gasteiger partial charge in [-0.15, -0.1) is 16.8 Å². The fourth-order valence-electron chi connectivity index (χ4n) is 3.53. The van der Waals surface area contributed by atoms with Gasteiger partial charge in [-0.3, -0.25) is 9.69 Å². The van der Waals surface area contributed by atoms with Crippen LogP contribution in [0.1, 0.15) is 25.1 Å². The van der Waals surface area contributed by atoms with Gasteiger partial charge in [0.05, 0.1) is 22.8 Å². The summed E-state index contributed by atoms with van der Waals surface area (Å²) in [5.41, 5.74) is 2.34. The van der Waals surface area contributed by atoms with Crippen molar-refractivity contribution in [3.63, 3.8) is 0 Å². The minimum atomic E-state index is -0.904. The first kappa shape index (κ1) is 23.5. The fourth-order valence-corrected chi connectivity index (χ4v) is 5.04. The van der Waals surface area contributed by atoms with E-state index in [1.165, 1.54) is 11.8 Å². The van der Waals surface area contributed by atoms with Crippen LogP contribution in [0.4, 0.5) is 5.69 Å². The highest BCUT2D eigenvalue weighted by atomic mass is 79.9. The summed E-state index contributed by atoms with van der Waals surface area (Å²) in [5, 5.41) is 9.55. The number of ether oxygens (including phenoxy) is 2. The zero-order valence-corrected chi connectivity index (χ0v) is 21.1. The predicted octanol–water partition coefficient (Wildman–Crippen LogP) is 6.08. The van der Waals surface area contributed by atoms with E-state index in [2.05, 4.69) is 37.7 Å². The molecule has 0 saturated heterocycles. The van der Waals surface area contributed by atoms with E-state index in [-0.39, 0.29) is 18.2 Å².